The molecule has 2 heteroatoms. The van der Waals surface area contributed by atoms with Crippen LogP contribution in [-0.4, -0.2) is 9.38 Å². The van der Waals surface area contributed by atoms with Crippen LogP contribution < -0.4 is 0 Å². The molecule has 0 N–H and O–H groups in total. The fraction of sp³-hybridized carbons (Fsp3) is 0. The first kappa shape index (κ1) is 17.2. The van der Waals surface area contributed by atoms with Gasteiger partial charge < -0.3 is 4.40 Å². The Morgan fingerprint density at radius 2 is 1.30 bits per heavy atom. The number of hydrogen-bond donors (Lipinski definition) is 0. The summed E-state index contributed by atoms with van der Waals surface area (Å²) in [5.74, 6) is 0. The third kappa shape index (κ3) is 2.15. The third-order valence-corrected chi connectivity index (χ3v) is 7.13. The highest BCUT2D eigenvalue weighted by Crippen LogP contribution is 2.44. The number of para-hydroxylation sites is 1. The molecule has 0 aliphatic heterocycles. The fourth-order valence-corrected chi connectivity index (χ4v) is 5.72. The van der Waals surface area contributed by atoms with E-state index < -0.39 is 0 Å². The van der Waals surface area contributed by atoms with E-state index in [1.165, 1.54) is 65.4 Å². The maximum Gasteiger partial charge on any atom is 0.0823 e. The van der Waals surface area contributed by atoms with Crippen LogP contribution >= 0.6 is 0 Å². The van der Waals surface area contributed by atoms with Crippen LogP contribution in [0.1, 0.15) is 0 Å². The quantitative estimate of drug-likeness (QED) is 0.194. The van der Waals surface area contributed by atoms with Crippen molar-refractivity contribution >= 4 is 59.8 Å². The maximum atomic E-state index is 4.96. The Morgan fingerprint density at radius 1 is 0.545 bits per heavy atom. The SMILES string of the molecule is c1ccc(-c2cc3c4ccccc4n4c5cc6ccccc6cc5c5nccc2c5c34)cc1. The molecule has 0 aliphatic carbocycles. The van der Waals surface area contributed by atoms with Crippen molar-refractivity contribution < 1.29 is 0 Å². The topological polar surface area (TPSA) is 17.3 Å². The first-order valence-electron chi connectivity index (χ1n) is 11.3. The van der Waals surface area contributed by atoms with E-state index in [2.05, 4.69) is 108 Å². The zero-order valence-electron chi connectivity index (χ0n) is 17.8. The highest BCUT2D eigenvalue weighted by atomic mass is 14.9. The van der Waals surface area contributed by atoms with Crippen LogP contribution in [0, 0.1) is 0 Å². The molecule has 0 aliphatic rings. The first-order valence-corrected chi connectivity index (χ1v) is 11.3. The van der Waals surface area contributed by atoms with Crippen molar-refractivity contribution in [2.75, 3.05) is 0 Å². The monoisotopic (exact) mass is 418 g/mol. The summed E-state index contributed by atoms with van der Waals surface area (Å²) in [6, 6.07) is 37.3. The van der Waals surface area contributed by atoms with E-state index in [1.54, 1.807) is 0 Å². The third-order valence-electron chi connectivity index (χ3n) is 7.13. The lowest BCUT2D eigenvalue weighted by atomic mass is 9.93. The van der Waals surface area contributed by atoms with Gasteiger partial charge in [-0.1, -0.05) is 72.8 Å². The molecule has 8 rings (SSSR count). The summed E-state index contributed by atoms with van der Waals surface area (Å²) in [5, 5.41) is 8.74. The lowest BCUT2D eigenvalue weighted by Gasteiger charge is -2.15. The molecule has 0 bridgehead atoms. The number of nitrogens with zero attached hydrogens (tertiary/aromatic N) is 2. The van der Waals surface area contributed by atoms with E-state index in [9.17, 15) is 0 Å². The summed E-state index contributed by atoms with van der Waals surface area (Å²) >= 11 is 0. The van der Waals surface area contributed by atoms with Crippen molar-refractivity contribution in [2.45, 2.75) is 0 Å². The van der Waals surface area contributed by atoms with Gasteiger partial charge in [-0.2, -0.15) is 0 Å². The molecular formula is C31H18N2. The fourth-order valence-electron chi connectivity index (χ4n) is 5.72. The molecule has 5 aromatic carbocycles. The van der Waals surface area contributed by atoms with Crippen molar-refractivity contribution in [3.8, 4) is 11.1 Å². The van der Waals surface area contributed by atoms with Crippen LogP contribution in [0.15, 0.2) is 109 Å². The van der Waals surface area contributed by atoms with Gasteiger partial charge in [0.25, 0.3) is 0 Å². The van der Waals surface area contributed by atoms with Crippen molar-refractivity contribution in [1.29, 1.82) is 0 Å². The molecule has 0 fully saturated rings. The number of pyridine rings is 2. The molecule has 2 nitrogen and oxygen atoms in total. The predicted molar refractivity (Wildman–Crippen MR) is 139 cm³/mol. The Balaban J connectivity index is 1.74. The van der Waals surface area contributed by atoms with E-state index in [4.69, 9.17) is 4.98 Å². The minimum absolute atomic E-state index is 1.08. The van der Waals surface area contributed by atoms with Crippen molar-refractivity contribution in [1.82, 2.24) is 9.38 Å². The van der Waals surface area contributed by atoms with Crippen LogP contribution in [0.5, 0.6) is 0 Å². The van der Waals surface area contributed by atoms with Crippen LogP contribution in [0.25, 0.3) is 70.9 Å². The maximum absolute atomic E-state index is 4.96. The molecular weight excluding hydrogens is 400 g/mol. The minimum atomic E-state index is 1.08. The van der Waals surface area contributed by atoms with Gasteiger partial charge in [0.2, 0.25) is 0 Å². The molecule has 0 saturated heterocycles. The summed E-state index contributed by atoms with van der Waals surface area (Å²) in [6.07, 6.45) is 1.97. The summed E-state index contributed by atoms with van der Waals surface area (Å²) in [4.78, 5) is 4.96. The lowest BCUT2D eigenvalue weighted by molar-refractivity contribution is 1.34. The normalized spacial score (nSPS) is 12.2. The van der Waals surface area contributed by atoms with Crippen LogP contribution in [-0.2, 0) is 0 Å². The average Bonchev–Trinajstić information content (AvgIpc) is 3.22. The van der Waals surface area contributed by atoms with E-state index in [1.807, 2.05) is 6.20 Å². The predicted octanol–water partition coefficient (Wildman–Crippen LogP) is 8.21. The molecule has 152 valence electrons. The van der Waals surface area contributed by atoms with Crippen LogP contribution in [0.3, 0.4) is 0 Å². The molecule has 0 spiro atoms. The van der Waals surface area contributed by atoms with Gasteiger partial charge in [0, 0.05) is 27.7 Å². The molecule has 0 saturated carbocycles. The zero-order valence-corrected chi connectivity index (χ0v) is 17.8. The molecule has 0 unspecified atom stereocenters. The number of rotatable bonds is 1. The number of fused-ring (bicyclic) bond motifs is 7. The van der Waals surface area contributed by atoms with Gasteiger partial charge >= 0.3 is 0 Å². The Bertz CT molecular complexity index is 2010. The van der Waals surface area contributed by atoms with Crippen molar-refractivity contribution in [3.05, 3.63) is 109 Å². The molecule has 0 radical (unpaired) electrons. The van der Waals surface area contributed by atoms with Crippen LogP contribution in [0.4, 0.5) is 0 Å². The minimum Gasteiger partial charge on any atom is -0.308 e. The summed E-state index contributed by atoms with van der Waals surface area (Å²) in [5.41, 5.74) is 7.28. The van der Waals surface area contributed by atoms with Crippen LogP contribution in [0.2, 0.25) is 0 Å². The smallest absolute Gasteiger partial charge is 0.0823 e. The van der Waals surface area contributed by atoms with E-state index in [0.717, 1.165) is 5.52 Å². The van der Waals surface area contributed by atoms with Gasteiger partial charge in [0.15, 0.2) is 0 Å². The van der Waals surface area contributed by atoms with E-state index in [-0.39, 0.29) is 0 Å². The van der Waals surface area contributed by atoms with Gasteiger partial charge in [0.1, 0.15) is 0 Å². The number of aromatic nitrogens is 2. The Hall–Kier alpha value is -4.43. The van der Waals surface area contributed by atoms with E-state index >= 15 is 0 Å². The van der Waals surface area contributed by atoms with Gasteiger partial charge in [-0.3, -0.25) is 4.98 Å². The molecule has 33 heavy (non-hydrogen) atoms. The molecule has 3 aromatic heterocycles. The Morgan fingerprint density at radius 3 is 2.18 bits per heavy atom. The highest BCUT2D eigenvalue weighted by Gasteiger charge is 2.21. The number of benzene rings is 5. The Kier molecular flexibility index (Phi) is 3.16. The number of hydrogen-bond acceptors (Lipinski definition) is 1. The lowest BCUT2D eigenvalue weighted by Crippen LogP contribution is -1.95. The molecule has 8 aromatic rings. The molecule has 3 heterocycles. The van der Waals surface area contributed by atoms with Gasteiger partial charge in [-0.15, -0.1) is 0 Å². The largest absolute Gasteiger partial charge is 0.308 e. The second-order valence-corrected chi connectivity index (χ2v) is 8.84. The molecule has 0 amide bonds. The first-order chi connectivity index (χ1) is 16.4. The summed E-state index contributed by atoms with van der Waals surface area (Å²) in [7, 11) is 0. The van der Waals surface area contributed by atoms with Gasteiger partial charge in [-0.25, -0.2) is 0 Å². The zero-order chi connectivity index (χ0) is 21.5. The Labute approximate surface area is 189 Å². The average molecular weight is 418 g/mol. The standard InChI is InChI=1S/C31H18N2/c1-2-8-19(9-3-1)24-18-25-22-12-6-7-13-27(22)33-28-17-21-11-5-4-10-20(21)16-26(28)30-29(31(25)33)23(24)14-15-32-30/h1-18H. The van der Waals surface area contributed by atoms with Crippen molar-refractivity contribution in [3.63, 3.8) is 0 Å². The second kappa shape index (κ2) is 6.08. The highest BCUT2D eigenvalue weighted by molar-refractivity contribution is 6.30. The summed E-state index contributed by atoms with van der Waals surface area (Å²) < 4.78 is 2.46. The molecule has 0 atom stereocenters. The van der Waals surface area contributed by atoms with Gasteiger partial charge in [0.05, 0.1) is 22.1 Å². The second-order valence-electron chi connectivity index (χ2n) is 8.84. The summed E-state index contributed by atoms with van der Waals surface area (Å²) in [6.45, 7) is 0. The van der Waals surface area contributed by atoms with Gasteiger partial charge in [-0.05, 0) is 57.6 Å². The van der Waals surface area contributed by atoms with Crippen molar-refractivity contribution in [2.24, 2.45) is 0 Å². The van der Waals surface area contributed by atoms with E-state index in [0.29, 0.717) is 0 Å².